The van der Waals surface area contributed by atoms with Crippen LogP contribution in [0, 0.1) is 25.2 Å². The van der Waals surface area contributed by atoms with Gasteiger partial charge in [-0.25, -0.2) is 0 Å². The van der Waals surface area contributed by atoms with Gasteiger partial charge in [0.05, 0.1) is 0 Å². The number of nitrogens with one attached hydrogen (secondary N) is 3. The quantitative estimate of drug-likeness (QED) is 0.761. The second-order valence-corrected chi connectivity index (χ2v) is 5.78. The number of rotatable bonds is 4. The summed E-state index contributed by atoms with van der Waals surface area (Å²) < 4.78 is 0. The van der Waals surface area contributed by atoms with E-state index < -0.39 is 0 Å². The normalized spacial score (nSPS) is 17.8. The molecule has 0 spiro atoms. The molecular weight excluding hydrogens is 280 g/mol. The van der Waals surface area contributed by atoms with Crippen molar-refractivity contribution in [2.45, 2.75) is 45.6 Å². The molecule has 1 aliphatic heterocycles. The first kappa shape index (κ1) is 16.2. The van der Waals surface area contributed by atoms with Gasteiger partial charge in [0.25, 0.3) is 5.56 Å². The lowest BCUT2D eigenvalue weighted by molar-refractivity contribution is -0.121. The molecule has 0 aromatic carbocycles. The van der Waals surface area contributed by atoms with E-state index in [-0.39, 0.29) is 23.1 Å². The number of aryl methyl sites for hydroxylation is 1. The minimum Gasteiger partial charge on any atom is -0.352 e. The number of aromatic amines is 1. The highest BCUT2D eigenvalue weighted by Crippen LogP contribution is 2.15. The van der Waals surface area contributed by atoms with Gasteiger partial charge in [0.2, 0.25) is 5.91 Å². The molecule has 0 aliphatic carbocycles. The molecule has 22 heavy (non-hydrogen) atoms. The molecule has 6 nitrogen and oxygen atoms in total. The fraction of sp³-hybridized carbons (Fsp3) is 0.562. The average molecular weight is 302 g/mol. The van der Waals surface area contributed by atoms with Crippen molar-refractivity contribution in [2.24, 2.45) is 0 Å². The molecule has 2 rings (SSSR count). The van der Waals surface area contributed by atoms with E-state index in [0.717, 1.165) is 37.2 Å². The Balaban J connectivity index is 2.01. The smallest absolute Gasteiger partial charge is 0.266 e. The highest BCUT2D eigenvalue weighted by atomic mass is 16.1. The number of aromatic nitrogens is 1. The number of H-pyrrole nitrogens is 1. The molecule has 3 N–H and O–H groups in total. The van der Waals surface area contributed by atoms with Gasteiger partial charge in [-0.3, -0.25) is 9.59 Å². The van der Waals surface area contributed by atoms with Crippen molar-refractivity contribution in [2.75, 3.05) is 13.1 Å². The molecule has 1 aromatic heterocycles. The van der Waals surface area contributed by atoms with Crippen LogP contribution in [0.1, 0.15) is 41.6 Å². The fourth-order valence-electron chi connectivity index (χ4n) is 2.93. The van der Waals surface area contributed by atoms with Crippen molar-refractivity contribution in [3.05, 3.63) is 32.7 Å². The Hall–Kier alpha value is -2.13. The predicted octanol–water partition coefficient (Wildman–Crippen LogP) is 0.664. The largest absolute Gasteiger partial charge is 0.352 e. The summed E-state index contributed by atoms with van der Waals surface area (Å²) in [6.45, 7) is 5.40. The Bertz CT molecular complexity index is 651. The topological polar surface area (TPSA) is 97.8 Å². The lowest BCUT2D eigenvalue weighted by Gasteiger charge is -2.23. The first-order chi connectivity index (χ1) is 10.5. The van der Waals surface area contributed by atoms with Crippen molar-refractivity contribution >= 4 is 5.91 Å². The van der Waals surface area contributed by atoms with Crippen LogP contribution < -0.4 is 16.2 Å². The highest BCUT2D eigenvalue weighted by Gasteiger charge is 2.17. The third-order valence-electron chi connectivity index (χ3n) is 4.18. The zero-order valence-electron chi connectivity index (χ0n) is 13.1. The number of amides is 1. The summed E-state index contributed by atoms with van der Waals surface area (Å²) in [6, 6.07) is 2.13. The zero-order chi connectivity index (χ0) is 16.1. The number of carbonyl (C=O) groups excluding carboxylic acids is 1. The maximum absolute atomic E-state index is 12.1. The van der Waals surface area contributed by atoms with Crippen LogP contribution in [0.3, 0.4) is 0 Å². The van der Waals surface area contributed by atoms with Crippen LogP contribution in [0.4, 0.5) is 0 Å². The number of nitriles is 1. The molecule has 0 bridgehead atoms. The minimum atomic E-state index is -0.362. The van der Waals surface area contributed by atoms with Gasteiger partial charge in [-0.1, -0.05) is 0 Å². The van der Waals surface area contributed by atoms with Gasteiger partial charge >= 0.3 is 0 Å². The van der Waals surface area contributed by atoms with E-state index in [1.807, 2.05) is 6.07 Å². The van der Waals surface area contributed by atoms with Crippen molar-refractivity contribution in [1.29, 1.82) is 5.26 Å². The molecule has 118 valence electrons. The van der Waals surface area contributed by atoms with E-state index in [1.54, 1.807) is 13.8 Å². The molecule has 6 heteroatoms. The second kappa shape index (κ2) is 7.23. The Morgan fingerprint density at radius 1 is 1.45 bits per heavy atom. The van der Waals surface area contributed by atoms with Crippen molar-refractivity contribution in [3.8, 4) is 6.07 Å². The Morgan fingerprint density at radius 2 is 2.23 bits per heavy atom. The Kier molecular flexibility index (Phi) is 5.34. The van der Waals surface area contributed by atoms with E-state index in [1.165, 1.54) is 0 Å². The van der Waals surface area contributed by atoms with E-state index in [0.29, 0.717) is 18.4 Å². The van der Waals surface area contributed by atoms with Crippen LogP contribution in [-0.2, 0) is 11.2 Å². The monoisotopic (exact) mass is 302 g/mol. The van der Waals surface area contributed by atoms with Crippen molar-refractivity contribution < 1.29 is 4.79 Å². The number of carbonyl (C=O) groups is 1. The summed E-state index contributed by atoms with van der Waals surface area (Å²) in [5.41, 5.74) is 2.06. The lowest BCUT2D eigenvalue weighted by Crippen LogP contribution is -2.45. The van der Waals surface area contributed by atoms with Gasteiger partial charge < -0.3 is 15.6 Å². The molecule has 1 saturated heterocycles. The summed E-state index contributed by atoms with van der Waals surface area (Å²) in [5.74, 6) is 0.0113. The standard InChI is InChI=1S/C16H22N4O2/c1-10-13(11(2)19-16(22)14(10)8-17)5-6-15(21)20-12-4-3-7-18-9-12/h12,18H,3-7,9H2,1-2H3,(H,19,22)(H,20,21). The van der Waals surface area contributed by atoms with Gasteiger partial charge in [-0.15, -0.1) is 0 Å². The van der Waals surface area contributed by atoms with Crippen LogP contribution in [0.5, 0.6) is 0 Å². The van der Waals surface area contributed by atoms with Gasteiger partial charge in [0.1, 0.15) is 11.6 Å². The van der Waals surface area contributed by atoms with Crippen LogP contribution in [0.2, 0.25) is 0 Å². The summed E-state index contributed by atoms with van der Waals surface area (Å²) in [7, 11) is 0. The third-order valence-corrected chi connectivity index (χ3v) is 4.18. The zero-order valence-corrected chi connectivity index (χ0v) is 13.1. The van der Waals surface area contributed by atoms with Crippen LogP contribution in [-0.4, -0.2) is 30.0 Å². The van der Waals surface area contributed by atoms with Crippen molar-refractivity contribution in [3.63, 3.8) is 0 Å². The molecule has 1 aliphatic rings. The maximum atomic E-state index is 12.1. The van der Waals surface area contributed by atoms with Gasteiger partial charge in [-0.05, 0) is 50.8 Å². The van der Waals surface area contributed by atoms with E-state index >= 15 is 0 Å². The average Bonchev–Trinajstić information content (AvgIpc) is 2.48. The molecule has 1 amide bonds. The molecule has 2 heterocycles. The van der Waals surface area contributed by atoms with Gasteiger partial charge in [0.15, 0.2) is 0 Å². The molecule has 1 aromatic rings. The van der Waals surface area contributed by atoms with Gasteiger partial charge in [0, 0.05) is 24.7 Å². The molecule has 0 radical (unpaired) electrons. The number of hydrogen-bond acceptors (Lipinski definition) is 4. The van der Waals surface area contributed by atoms with E-state index in [9.17, 15) is 9.59 Å². The summed E-state index contributed by atoms with van der Waals surface area (Å²) in [5, 5.41) is 15.3. The summed E-state index contributed by atoms with van der Waals surface area (Å²) in [4.78, 5) is 26.4. The highest BCUT2D eigenvalue weighted by molar-refractivity contribution is 5.76. The first-order valence-electron chi connectivity index (χ1n) is 7.65. The van der Waals surface area contributed by atoms with Gasteiger partial charge in [-0.2, -0.15) is 5.26 Å². The van der Waals surface area contributed by atoms with Crippen molar-refractivity contribution in [1.82, 2.24) is 15.6 Å². The summed E-state index contributed by atoms with van der Waals surface area (Å²) >= 11 is 0. The predicted molar refractivity (Wildman–Crippen MR) is 83.6 cm³/mol. The number of piperidine rings is 1. The second-order valence-electron chi connectivity index (χ2n) is 5.78. The first-order valence-corrected chi connectivity index (χ1v) is 7.65. The van der Waals surface area contributed by atoms with E-state index in [4.69, 9.17) is 5.26 Å². The SMILES string of the molecule is Cc1[nH]c(=O)c(C#N)c(C)c1CCC(=O)NC1CCCNC1. The molecule has 0 saturated carbocycles. The lowest BCUT2D eigenvalue weighted by atomic mass is 9.98. The fourth-order valence-corrected chi connectivity index (χ4v) is 2.93. The Labute approximate surface area is 129 Å². The summed E-state index contributed by atoms with van der Waals surface area (Å²) in [6.07, 6.45) is 2.97. The maximum Gasteiger partial charge on any atom is 0.266 e. The minimum absolute atomic E-state index is 0.0113. The third kappa shape index (κ3) is 3.74. The van der Waals surface area contributed by atoms with Crippen LogP contribution in [0.25, 0.3) is 0 Å². The Morgan fingerprint density at radius 3 is 2.86 bits per heavy atom. The van der Waals surface area contributed by atoms with Crippen LogP contribution >= 0.6 is 0 Å². The number of hydrogen-bond donors (Lipinski definition) is 3. The molecular formula is C16H22N4O2. The molecule has 1 unspecified atom stereocenters. The molecule has 1 atom stereocenters. The number of pyridine rings is 1. The number of nitrogens with zero attached hydrogens (tertiary/aromatic N) is 1. The van der Waals surface area contributed by atoms with E-state index in [2.05, 4.69) is 15.6 Å². The van der Waals surface area contributed by atoms with Crippen LogP contribution in [0.15, 0.2) is 4.79 Å². The molecule has 1 fully saturated rings.